The number of nitrogens with two attached hydrogens (primary N) is 2. The van der Waals surface area contributed by atoms with E-state index in [0.29, 0.717) is 24.1 Å². The van der Waals surface area contributed by atoms with E-state index < -0.39 is 0 Å². The molecule has 4 rings (SSSR count). The van der Waals surface area contributed by atoms with E-state index in [1.807, 2.05) is 30.9 Å². The standard InChI is InChI=1S/C19H28N8O2/c1-11(2)12(3)26-10-13(17-16(19(26)28)18(20)23-27(17)21)14-9-15(24(4)22-14)25-5-7-29-8-6-25/h9-12H,5-8,21H2,1-4H3,(H2,20,23)/t12-/m0/s1. The van der Waals surface area contributed by atoms with Gasteiger partial charge in [-0.3, -0.25) is 9.48 Å². The summed E-state index contributed by atoms with van der Waals surface area (Å²) >= 11 is 0. The van der Waals surface area contributed by atoms with Crippen LogP contribution in [-0.4, -0.2) is 50.5 Å². The summed E-state index contributed by atoms with van der Waals surface area (Å²) < 4.78 is 9.01. The normalized spacial score (nSPS) is 16.1. The molecule has 4 heterocycles. The number of rotatable bonds is 4. The maximum absolute atomic E-state index is 13.1. The zero-order valence-electron chi connectivity index (χ0n) is 17.3. The highest BCUT2D eigenvalue weighted by atomic mass is 16.5. The van der Waals surface area contributed by atoms with Gasteiger partial charge in [0.2, 0.25) is 0 Å². The fraction of sp³-hybridized carbons (Fsp3) is 0.526. The van der Waals surface area contributed by atoms with Crippen LogP contribution in [0.15, 0.2) is 17.1 Å². The Hall–Kier alpha value is -3.01. The number of pyridine rings is 1. The number of ether oxygens (including phenoxy) is 1. The predicted octanol–water partition coefficient (Wildman–Crippen LogP) is 0.948. The number of hydrogen-bond acceptors (Lipinski definition) is 7. The SMILES string of the molecule is CC(C)[C@H](C)n1cc(-c2cc(N3CCOCC3)n(C)n2)c2c(c(N)nn2N)c1=O. The fourth-order valence-corrected chi connectivity index (χ4v) is 3.80. The maximum atomic E-state index is 13.1. The summed E-state index contributed by atoms with van der Waals surface area (Å²) in [5, 5.41) is 9.14. The van der Waals surface area contributed by atoms with Crippen molar-refractivity contribution >= 4 is 22.5 Å². The number of hydrogen-bond donors (Lipinski definition) is 2. The van der Waals surface area contributed by atoms with E-state index >= 15 is 0 Å². The van der Waals surface area contributed by atoms with Crippen molar-refractivity contribution in [3.05, 3.63) is 22.6 Å². The highest BCUT2D eigenvalue weighted by Crippen LogP contribution is 2.32. The van der Waals surface area contributed by atoms with Gasteiger partial charge >= 0.3 is 0 Å². The highest BCUT2D eigenvalue weighted by molar-refractivity contribution is 5.98. The Labute approximate surface area is 168 Å². The molecular weight excluding hydrogens is 372 g/mol. The number of morpholine rings is 1. The lowest BCUT2D eigenvalue weighted by Gasteiger charge is -2.28. The first-order valence-electron chi connectivity index (χ1n) is 9.85. The van der Waals surface area contributed by atoms with Crippen LogP contribution in [0.5, 0.6) is 0 Å². The molecule has 0 radical (unpaired) electrons. The van der Waals surface area contributed by atoms with Crippen LogP contribution < -0.4 is 22.0 Å². The summed E-state index contributed by atoms with van der Waals surface area (Å²) in [6.45, 7) is 9.16. The fourth-order valence-electron chi connectivity index (χ4n) is 3.80. The van der Waals surface area contributed by atoms with Gasteiger partial charge in [-0.1, -0.05) is 13.8 Å². The Morgan fingerprint density at radius 1 is 1.17 bits per heavy atom. The van der Waals surface area contributed by atoms with Gasteiger partial charge in [0.15, 0.2) is 5.82 Å². The summed E-state index contributed by atoms with van der Waals surface area (Å²) in [6, 6.07) is 1.99. The minimum Gasteiger partial charge on any atom is -0.381 e. The molecule has 1 atom stereocenters. The number of aryl methyl sites for hydroxylation is 1. The number of fused-ring (bicyclic) bond motifs is 1. The second-order valence-corrected chi connectivity index (χ2v) is 7.90. The largest absolute Gasteiger partial charge is 0.381 e. The molecule has 4 N–H and O–H groups in total. The molecular formula is C19H28N8O2. The number of nitrogens with zero attached hydrogens (tertiary/aromatic N) is 6. The van der Waals surface area contributed by atoms with Crippen LogP contribution in [0.1, 0.15) is 26.8 Å². The summed E-state index contributed by atoms with van der Waals surface area (Å²) in [5.74, 6) is 7.45. The van der Waals surface area contributed by atoms with Gasteiger partial charge in [0, 0.05) is 44.0 Å². The summed E-state index contributed by atoms with van der Waals surface area (Å²) in [5.41, 5.74) is 7.80. The lowest BCUT2D eigenvalue weighted by molar-refractivity contribution is 0.122. The van der Waals surface area contributed by atoms with Crippen LogP contribution >= 0.6 is 0 Å². The minimum absolute atomic E-state index is 0.0198. The van der Waals surface area contributed by atoms with Crippen molar-refractivity contribution < 1.29 is 4.74 Å². The van der Waals surface area contributed by atoms with Gasteiger partial charge in [0.25, 0.3) is 5.56 Å². The molecule has 0 bridgehead atoms. The number of nitrogen functional groups attached to an aromatic ring is 2. The van der Waals surface area contributed by atoms with E-state index in [1.165, 1.54) is 4.79 Å². The molecule has 0 aromatic carbocycles. The van der Waals surface area contributed by atoms with Crippen LogP contribution in [0, 0.1) is 5.92 Å². The maximum Gasteiger partial charge on any atom is 0.264 e. The molecule has 0 amide bonds. The average molecular weight is 400 g/mol. The van der Waals surface area contributed by atoms with Gasteiger partial charge < -0.3 is 25.8 Å². The number of aromatic nitrogens is 5. The quantitative estimate of drug-likeness (QED) is 0.625. The third-order valence-corrected chi connectivity index (χ3v) is 5.78. The van der Waals surface area contributed by atoms with Crippen molar-refractivity contribution in [2.75, 3.05) is 42.8 Å². The van der Waals surface area contributed by atoms with Crippen LogP contribution in [-0.2, 0) is 11.8 Å². The van der Waals surface area contributed by atoms with E-state index in [9.17, 15) is 4.79 Å². The molecule has 3 aromatic rings. The molecule has 0 aliphatic carbocycles. The van der Waals surface area contributed by atoms with E-state index in [1.54, 1.807) is 4.57 Å². The lowest BCUT2D eigenvalue weighted by atomic mass is 10.0. The highest BCUT2D eigenvalue weighted by Gasteiger charge is 2.24. The topological polar surface area (TPSA) is 122 Å². The van der Waals surface area contributed by atoms with Crippen LogP contribution in [0.3, 0.4) is 0 Å². The monoisotopic (exact) mass is 400 g/mol. The van der Waals surface area contributed by atoms with E-state index in [0.717, 1.165) is 30.2 Å². The van der Waals surface area contributed by atoms with Crippen LogP contribution in [0.4, 0.5) is 11.6 Å². The smallest absolute Gasteiger partial charge is 0.264 e. The molecule has 0 saturated carbocycles. The first kappa shape index (κ1) is 19.3. The van der Waals surface area contributed by atoms with E-state index in [4.69, 9.17) is 21.4 Å². The van der Waals surface area contributed by atoms with Crippen molar-refractivity contribution in [1.29, 1.82) is 0 Å². The summed E-state index contributed by atoms with van der Waals surface area (Å²) in [4.78, 5) is 16.5. The van der Waals surface area contributed by atoms with Crippen molar-refractivity contribution in [2.24, 2.45) is 13.0 Å². The third-order valence-electron chi connectivity index (χ3n) is 5.78. The van der Waals surface area contributed by atoms with Gasteiger partial charge in [0.05, 0.1) is 18.9 Å². The predicted molar refractivity (Wildman–Crippen MR) is 113 cm³/mol. The van der Waals surface area contributed by atoms with Crippen molar-refractivity contribution in [1.82, 2.24) is 24.2 Å². The van der Waals surface area contributed by atoms with Crippen molar-refractivity contribution in [3.63, 3.8) is 0 Å². The lowest BCUT2D eigenvalue weighted by Crippen LogP contribution is -2.37. The Morgan fingerprint density at radius 2 is 1.86 bits per heavy atom. The summed E-state index contributed by atoms with van der Waals surface area (Å²) in [7, 11) is 1.91. The van der Waals surface area contributed by atoms with Gasteiger partial charge in [0.1, 0.15) is 16.7 Å². The molecule has 156 valence electrons. The molecule has 1 aliphatic heterocycles. The zero-order valence-corrected chi connectivity index (χ0v) is 17.3. The molecule has 1 aliphatic rings. The van der Waals surface area contributed by atoms with Gasteiger partial charge in [-0.15, -0.1) is 5.10 Å². The molecule has 0 spiro atoms. The van der Waals surface area contributed by atoms with E-state index in [-0.39, 0.29) is 23.3 Å². The number of anilines is 2. The molecule has 10 nitrogen and oxygen atoms in total. The van der Waals surface area contributed by atoms with Crippen LogP contribution in [0.2, 0.25) is 0 Å². The Kier molecular flexibility index (Phi) is 4.73. The Morgan fingerprint density at radius 3 is 2.52 bits per heavy atom. The zero-order chi connectivity index (χ0) is 20.9. The first-order valence-corrected chi connectivity index (χ1v) is 9.85. The average Bonchev–Trinajstić information content (AvgIpc) is 3.22. The van der Waals surface area contributed by atoms with E-state index in [2.05, 4.69) is 23.8 Å². The Balaban J connectivity index is 1.94. The first-order chi connectivity index (χ1) is 13.8. The molecule has 1 fully saturated rings. The van der Waals surface area contributed by atoms with Gasteiger partial charge in [-0.05, 0) is 12.8 Å². The molecule has 3 aromatic heterocycles. The minimum atomic E-state index is -0.191. The van der Waals surface area contributed by atoms with Gasteiger partial charge in [-0.25, -0.2) is 0 Å². The Bertz CT molecular complexity index is 1100. The third kappa shape index (κ3) is 3.13. The van der Waals surface area contributed by atoms with Crippen molar-refractivity contribution in [2.45, 2.75) is 26.8 Å². The van der Waals surface area contributed by atoms with Crippen LogP contribution in [0.25, 0.3) is 22.2 Å². The van der Waals surface area contributed by atoms with Crippen molar-refractivity contribution in [3.8, 4) is 11.3 Å². The molecule has 10 heteroatoms. The molecule has 1 saturated heterocycles. The van der Waals surface area contributed by atoms with Gasteiger partial charge in [-0.2, -0.15) is 9.89 Å². The molecule has 0 unspecified atom stereocenters. The second-order valence-electron chi connectivity index (χ2n) is 7.90. The molecule has 29 heavy (non-hydrogen) atoms. The second kappa shape index (κ2) is 7.11. The summed E-state index contributed by atoms with van der Waals surface area (Å²) in [6.07, 6.45) is 1.82.